The topological polar surface area (TPSA) is 90.0 Å². The highest BCUT2D eigenvalue weighted by atomic mass is 19.4. The Morgan fingerprint density at radius 2 is 1.95 bits per heavy atom. The number of anilines is 1. The number of nitrogens with one attached hydrogen (secondary N) is 1. The first-order valence-corrected chi connectivity index (χ1v) is 11.8. The summed E-state index contributed by atoms with van der Waals surface area (Å²) in [6.07, 6.45) is -2.39. The Balaban J connectivity index is 1.41. The minimum Gasteiger partial charge on any atom is -0.490 e. The predicted octanol–water partition coefficient (Wildman–Crippen LogP) is 4.19. The first kappa shape index (κ1) is 25.1. The number of ether oxygens (including phenoxy) is 3. The van der Waals surface area contributed by atoms with Crippen molar-refractivity contribution in [3.8, 4) is 17.4 Å². The quantitative estimate of drug-likeness (QED) is 0.605. The molecule has 198 valence electrons. The highest BCUT2D eigenvalue weighted by Gasteiger charge is 2.51. The van der Waals surface area contributed by atoms with Crippen LogP contribution in [-0.4, -0.2) is 58.8 Å². The van der Waals surface area contributed by atoms with Crippen molar-refractivity contribution in [2.24, 2.45) is 0 Å². The molecule has 1 fully saturated rings. The molecule has 0 unspecified atom stereocenters. The summed E-state index contributed by atoms with van der Waals surface area (Å²) in [5.41, 5.74) is -1.65. The van der Waals surface area contributed by atoms with Gasteiger partial charge in [-0.25, -0.2) is 9.37 Å². The molecule has 2 aromatic rings. The van der Waals surface area contributed by atoms with Gasteiger partial charge < -0.3 is 24.4 Å². The Morgan fingerprint density at radius 3 is 2.68 bits per heavy atom. The molecule has 0 bridgehead atoms. The van der Waals surface area contributed by atoms with Crippen LogP contribution in [-0.2, 0) is 11.2 Å². The molecular weight excluding hydrogens is 498 g/mol. The van der Waals surface area contributed by atoms with E-state index >= 15 is 4.39 Å². The molecule has 37 heavy (non-hydrogen) atoms. The molecule has 8 nitrogen and oxygen atoms in total. The Bertz CT molecular complexity index is 1280. The summed E-state index contributed by atoms with van der Waals surface area (Å²) in [6.45, 7) is 3.01. The van der Waals surface area contributed by atoms with Crippen molar-refractivity contribution in [1.82, 2.24) is 9.88 Å². The molecule has 1 N–H and O–H groups in total. The Labute approximate surface area is 209 Å². The highest BCUT2D eigenvalue weighted by molar-refractivity contribution is 6.00. The van der Waals surface area contributed by atoms with Gasteiger partial charge in [0.2, 0.25) is 11.8 Å². The van der Waals surface area contributed by atoms with E-state index in [0.29, 0.717) is 24.9 Å². The van der Waals surface area contributed by atoms with Gasteiger partial charge in [0.1, 0.15) is 24.0 Å². The van der Waals surface area contributed by atoms with Crippen molar-refractivity contribution in [2.75, 3.05) is 18.5 Å². The van der Waals surface area contributed by atoms with Crippen LogP contribution >= 0.6 is 0 Å². The van der Waals surface area contributed by atoms with Gasteiger partial charge in [-0.05, 0) is 44.4 Å². The van der Waals surface area contributed by atoms with Gasteiger partial charge in [0.15, 0.2) is 17.2 Å². The second-order valence-electron chi connectivity index (χ2n) is 9.95. The molecule has 0 radical (unpaired) electrons. The van der Waals surface area contributed by atoms with Crippen molar-refractivity contribution >= 4 is 17.5 Å². The largest absolute Gasteiger partial charge is 0.490 e. The number of hydrogen-bond acceptors (Lipinski definition) is 6. The Kier molecular flexibility index (Phi) is 5.95. The summed E-state index contributed by atoms with van der Waals surface area (Å²) in [7, 11) is 0. The van der Waals surface area contributed by atoms with Gasteiger partial charge in [-0.3, -0.25) is 9.59 Å². The zero-order valence-corrected chi connectivity index (χ0v) is 20.4. The zero-order chi connectivity index (χ0) is 26.7. The van der Waals surface area contributed by atoms with Gasteiger partial charge in [0.05, 0.1) is 18.3 Å². The lowest BCUT2D eigenvalue weighted by Gasteiger charge is -2.30. The number of carbonyl (C=O) groups is 2. The monoisotopic (exact) mass is 523 g/mol. The molecule has 4 heterocycles. The molecule has 2 atom stereocenters. The fourth-order valence-corrected chi connectivity index (χ4v) is 4.63. The van der Waals surface area contributed by atoms with E-state index in [-0.39, 0.29) is 36.3 Å². The summed E-state index contributed by atoms with van der Waals surface area (Å²) in [5, 5.41) is 2.77. The first-order valence-electron chi connectivity index (χ1n) is 11.8. The van der Waals surface area contributed by atoms with E-state index in [1.807, 2.05) is 0 Å². The van der Waals surface area contributed by atoms with E-state index in [1.54, 1.807) is 12.3 Å². The number of halogens is 4. The molecule has 12 heteroatoms. The zero-order valence-electron chi connectivity index (χ0n) is 20.4. The number of amides is 2. The third kappa shape index (κ3) is 4.53. The molecule has 1 saturated heterocycles. The van der Waals surface area contributed by atoms with E-state index in [4.69, 9.17) is 14.2 Å². The fraction of sp³-hybridized carbons (Fsp3) is 0.480. The minimum atomic E-state index is -4.82. The normalized spacial score (nSPS) is 21.3. The average Bonchev–Trinajstić information content (AvgIpc) is 3.16. The number of aryl methyl sites for hydroxylation is 2. The van der Waals surface area contributed by atoms with Crippen molar-refractivity contribution in [3.63, 3.8) is 0 Å². The number of carbonyl (C=O) groups excluding carboxylic acids is 2. The predicted molar refractivity (Wildman–Crippen MR) is 122 cm³/mol. The lowest BCUT2D eigenvalue weighted by atomic mass is 10.0. The van der Waals surface area contributed by atoms with Gasteiger partial charge in [-0.15, -0.1) is 0 Å². The molecule has 1 aromatic carbocycles. The van der Waals surface area contributed by atoms with E-state index in [1.165, 1.54) is 17.9 Å². The van der Waals surface area contributed by atoms with Crippen molar-refractivity contribution in [2.45, 2.75) is 64.0 Å². The van der Waals surface area contributed by atoms with Crippen molar-refractivity contribution < 1.29 is 41.4 Å². The van der Waals surface area contributed by atoms with Crippen LogP contribution in [0.4, 0.5) is 23.2 Å². The highest BCUT2D eigenvalue weighted by Crippen LogP contribution is 2.43. The summed E-state index contributed by atoms with van der Waals surface area (Å²) in [6, 6.07) is 2.44. The Hall–Kier alpha value is -3.57. The Morgan fingerprint density at radius 1 is 1.19 bits per heavy atom. The maximum absolute atomic E-state index is 15.1. The summed E-state index contributed by atoms with van der Waals surface area (Å²) in [5.74, 6) is -2.43. The fourth-order valence-electron chi connectivity index (χ4n) is 4.63. The molecule has 1 aromatic heterocycles. The molecule has 3 aliphatic heterocycles. The van der Waals surface area contributed by atoms with E-state index in [0.717, 1.165) is 19.4 Å². The second kappa shape index (κ2) is 8.77. The molecule has 5 rings (SSSR count). The van der Waals surface area contributed by atoms with Crippen LogP contribution in [0.25, 0.3) is 0 Å². The molecule has 3 aliphatic rings. The van der Waals surface area contributed by atoms with Crippen molar-refractivity contribution in [3.05, 3.63) is 40.8 Å². The molecule has 0 aliphatic carbocycles. The minimum absolute atomic E-state index is 0.00614. The second-order valence-corrected chi connectivity index (χ2v) is 9.95. The number of fused-ring (bicyclic) bond motifs is 3. The summed E-state index contributed by atoms with van der Waals surface area (Å²) >= 11 is 0. The van der Waals surface area contributed by atoms with Crippen LogP contribution in [0.1, 0.15) is 48.2 Å². The van der Waals surface area contributed by atoms with Gasteiger partial charge >= 0.3 is 6.18 Å². The first-order chi connectivity index (χ1) is 17.3. The lowest BCUT2D eigenvalue weighted by molar-refractivity contribution is -0.235. The average molecular weight is 523 g/mol. The van der Waals surface area contributed by atoms with E-state index in [2.05, 4.69) is 10.3 Å². The number of rotatable bonds is 4. The van der Waals surface area contributed by atoms with Crippen LogP contribution in [0.3, 0.4) is 0 Å². The summed E-state index contributed by atoms with van der Waals surface area (Å²) < 4.78 is 72.6. The van der Waals surface area contributed by atoms with Crippen LogP contribution < -0.4 is 19.5 Å². The molecular formula is C25H25F4N3O5. The van der Waals surface area contributed by atoms with Crippen LogP contribution in [0.5, 0.6) is 17.4 Å². The van der Waals surface area contributed by atoms with E-state index in [9.17, 15) is 22.8 Å². The third-order valence-electron chi connectivity index (χ3n) is 6.83. The number of hydrogen-bond donors (Lipinski definition) is 1. The van der Waals surface area contributed by atoms with Gasteiger partial charge in [0, 0.05) is 25.1 Å². The lowest BCUT2D eigenvalue weighted by Crippen LogP contribution is -2.45. The number of pyridine rings is 1. The van der Waals surface area contributed by atoms with Crippen LogP contribution in [0.2, 0.25) is 0 Å². The number of alkyl halides is 3. The van der Waals surface area contributed by atoms with Gasteiger partial charge in [-0.2, -0.15) is 13.2 Å². The maximum Gasteiger partial charge on any atom is 0.427 e. The molecule has 0 spiro atoms. The van der Waals surface area contributed by atoms with E-state index < -0.39 is 47.0 Å². The number of nitrogens with zero attached hydrogens (tertiary/aromatic N) is 2. The van der Waals surface area contributed by atoms with Gasteiger partial charge in [0.25, 0.3) is 5.91 Å². The third-order valence-corrected chi connectivity index (χ3v) is 6.83. The van der Waals surface area contributed by atoms with Crippen LogP contribution in [0.15, 0.2) is 18.3 Å². The van der Waals surface area contributed by atoms with Crippen LogP contribution in [0, 0.1) is 12.7 Å². The van der Waals surface area contributed by atoms with Crippen molar-refractivity contribution in [1.29, 1.82) is 0 Å². The standard InChI is InChI=1S/C25H25F4N3O5/c1-12-6-17-20(22(21(12)26)37-24(2,3)25(27,28)29)23(34)32-10-15(7-14(32)11-35-17)36-19-8-16-13(9-30-19)4-5-18(33)31-16/h6,8-9,14-15H,4-5,7,10-11H2,1-3H3,(H,31,33)/t14-,15+/m1/s1. The number of benzene rings is 1. The smallest absolute Gasteiger partial charge is 0.427 e. The maximum atomic E-state index is 15.1. The SMILES string of the molecule is Cc1cc2c(c(OC(C)(C)C(F)(F)F)c1F)C(=O)N1C[C@@H](Oc3cc4c(cn3)CCC(=O)N4)C[C@@H]1CO2. The molecule has 2 amide bonds. The van der Waals surface area contributed by atoms with Gasteiger partial charge in [-0.1, -0.05) is 0 Å². The number of aromatic nitrogens is 1. The summed E-state index contributed by atoms with van der Waals surface area (Å²) in [4.78, 5) is 31.0. The molecule has 0 saturated carbocycles.